The van der Waals surface area contributed by atoms with Crippen LogP contribution in [0.4, 0.5) is 0 Å². The standard InChI is InChI=1S/2C13H18O2/c2*1-13(2,3)15-12(14)10-9-11-7-5-4-6-8-11/h2*4-8H,9-10H2,1-3H3. The number of aryl methyl sites for hydroxylation is 2. The minimum absolute atomic E-state index is 0.133. The van der Waals surface area contributed by atoms with E-state index in [1.807, 2.05) is 102 Å². The van der Waals surface area contributed by atoms with E-state index < -0.39 is 0 Å². The molecular weight excluding hydrogens is 376 g/mol. The third kappa shape index (κ3) is 13.5. The highest BCUT2D eigenvalue weighted by Gasteiger charge is 2.16. The van der Waals surface area contributed by atoms with Crippen molar-refractivity contribution in [1.82, 2.24) is 0 Å². The van der Waals surface area contributed by atoms with Gasteiger partial charge in [0.15, 0.2) is 0 Å². The molecule has 0 radical (unpaired) electrons. The zero-order valence-corrected chi connectivity index (χ0v) is 19.2. The van der Waals surface area contributed by atoms with Crippen LogP contribution < -0.4 is 0 Å². The SMILES string of the molecule is CC(C)(C)OC(=O)CCc1ccccc1.CC(C)(C)OC(=O)CCc1ccccc1. The van der Waals surface area contributed by atoms with Crippen molar-refractivity contribution in [1.29, 1.82) is 0 Å². The summed E-state index contributed by atoms with van der Waals surface area (Å²) in [4.78, 5) is 22.8. The van der Waals surface area contributed by atoms with E-state index >= 15 is 0 Å². The summed E-state index contributed by atoms with van der Waals surface area (Å²) in [6.07, 6.45) is 2.38. The first-order valence-electron chi connectivity index (χ1n) is 10.5. The Labute approximate surface area is 181 Å². The van der Waals surface area contributed by atoms with Gasteiger partial charge in [-0.3, -0.25) is 9.59 Å². The third-order valence-electron chi connectivity index (χ3n) is 3.76. The van der Waals surface area contributed by atoms with Crippen LogP contribution in [0, 0.1) is 0 Å². The smallest absolute Gasteiger partial charge is 0.306 e. The van der Waals surface area contributed by atoms with Crippen LogP contribution in [-0.2, 0) is 31.9 Å². The second-order valence-corrected chi connectivity index (χ2v) is 9.14. The largest absolute Gasteiger partial charge is 0.460 e. The van der Waals surface area contributed by atoms with Crippen LogP contribution >= 0.6 is 0 Å². The fraction of sp³-hybridized carbons (Fsp3) is 0.462. The van der Waals surface area contributed by atoms with Crippen molar-refractivity contribution >= 4 is 11.9 Å². The van der Waals surface area contributed by atoms with Gasteiger partial charge in [0.2, 0.25) is 0 Å². The van der Waals surface area contributed by atoms with Crippen LogP contribution in [0.1, 0.15) is 65.5 Å². The van der Waals surface area contributed by atoms with Crippen LogP contribution in [0.15, 0.2) is 60.7 Å². The molecule has 0 aliphatic rings. The topological polar surface area (TPSA) is 52.6 Å². The van der Waals surface area contributed by atoms with Crippen molar-refractivity contribution in [2.45, 2.75) is 78.4 Å². The molecule has 0 heterocycles. The Hall–Kier alpha value is -2.62. The second kappa shape index (κ2) is 12.2. The van der Waals surface area contributed by atoms with Crippen molar-refractivity contribution in [3.05, 3.63) is 71.8 Å². The summed E-state index contributed by atoms with van der Waals surface area (Å²) in [5.41, 5.74) is 1.58. The molecule has 0 amide bonds. The monoisotopic (exact) mass is 412 g/mol. The molecule has 0 aliphatic heterocycles. The van der Waals surface area contributed by atoms with E-state index in [0.717, 1.165) is 12.8 Å². The normalized spacial score (nSPS) is 11.1. The van der Waals surface area contributed by atoms with Crippen molar-refractivity contribution in [2.75, 3.05) is 0 Å². The zero-order valence-electron chi connectivity index (χ0n) is 19.2. The molecule has 164 valence electrons. The number of esters is 2. The van der Waals surface area contributed by atoms with E-state index in [4.69, 9.17) is 9.47 Å². The highest BCUT2D eigenvalue weighted by Crippen LogP contribution is 2.11. The predicted octanol–water partition coefficient (Wildman–Crippen LogP) is 5.92. The molecule has 2 aromatic carbocycles. The molecule has 30 heavy (non-hydrogen) atoms. The van der Waals surface area contributed by atoms with Crippen LogP contribution in [0.25, 0.3) is 0 Å². The zero-order chi connectivity index (χ0) is 22.6. The first-order chi connectivity index (χ1) is 13.9. The van der Waals surface area contributed by atoms with Gasteiger partial charge in [0, 0.05) is 12.8 Å². The van der Waals surface area contributed by atoms with E-state index in [2.05, 4.69) is 0 Å². The Morgan fingerprint density at radius 2 is 0.900 bits per heavy atom. The minimum Gasteiger partial charge on any atom is -0.460 e. The Kier molecular flexibility index (Phi) is 10.3. The summed E-state index contributed by atoms with van der Waals surface area (Å²) < 4.78 is 10.4. The molecular formula is C26H36O4. The van der Waals surface area contributed by atoms with Gasteiger partial charge in [-0.2, -0.15) is 0 Å². The number of rotatable bonds is 6. The lowest BCUT2D eigenvalue weighted by molar-refractivity contribution is -0.155. The highest BCUT2D eigenvalue weighted by atomic mass is 16.6. The molecule has 0 spiro atoms. The lowest BCUT2D eigenvalue weighted by Crippen LogP contribution is -2.24. The van der Waals surface area contributed by atoms with Gasteiger partial charge in [0.25, 0.3) is 0 Å². The Morgan fingerprint density at radius 1 is 0.600 bits per heavy atom. The molecule has 0 saturated carbocycles. The first-order valence-corrected chi connectivity index (χ1v) is 10.5. The predicted molar refractivity (Wildman–Crippen MR) is 121 cm³/mol. The average molecular weight is 413 g/mol. The van der Waals surface area contributed by atoms with Gasteiger partial charge in [0.1, 0.15) is 11.2 Å². The molecule has 0 bridgehead atoms. The van der Waals surface area contributed by atoms with Gasteiger partial charge in [0.05, 0.1) is 0 Å². The molecule has 0 fully saturated rings. The number of benzene rings is 2. The molecule has 0 atom stereocenters. The number of hydrogen-bond acceptors (Lipinski definition) is 4. The molecule has 0 N–H and O–H groups in total. The van der Waals surface area contributed by atoms with Crippen molar-refractivity contribution in [3.8, 4) is 0 Å². The lowest BCUT2D eigenvalue weighted by Gasteiger charge is -2.19. The number of hydrogen-bond donors (Lipinski definition) is 0. The first kappa shape index (κ1) is 25.4. The molecule has 0 unspecified atom stereocenters. The van der Waals surface area contributed by atoms with Crippen molar-refractivity contribution in [3.63, 3.8) is 0 Å². The summed E-state index contributed by atoms with van der Waals surface area (Å²) in [6, 6.07) is 19.9. The average Bonchev–Trinajstić information content (AvgIpc) is 2.64. The molecule has 2 rings (SSSR count). The quantitative estimate of drug-likeness (QED) is 0.553. The summed E-state index contributed by atoms with van der Waals surface area (Å²) >= 11 is 0. The van der Waals surface area contributed by atoms with Gasteiger partial charge in [-0.25, -0.2) is 0 Å². The summed E-state index contributed by atoms with van der Waals surface area (Å²) in [7, 11) is 0. The van der Waals surface area contributed by atoms with Crippen molar-refractivity contribution < 1.29 is 19.1 Å². The molecule has 0 aliphatic carbocycles. The molecule has 0 saturated heterocycles. The maximum absolute atomic E-state index is 11.4. The summed E-state index contributed by atoms with van der Waals surface area (Å²) in [6.45, 7) is 11.3. The van der Waals surface area contributed by atoms with Crippen LogP contribution in [0.3, 0.4) is 0 Å². The van der Waals surface area contributed by atoms with Gasteiger partial charge >= 0.3 is 11.9 Å². The van der Waals surface area contributed by atoms with E-state index in [9.17, 15) is 9.59 Å². The Balaban J connectivity index is 0.000000300. The van der Waals surface area contributed by atoms with Crippen molar-refractivity contribution in [2.24, 2.45) is 0 Å². The fourth-order valence-corrected chi connectivity index (χ4v) is 2.57. The second-order valence-electron chi connectivity index (χ2n) is 9.14. The Morgan fingerprint density at radius 3 is 1.17 bits per heavy atom. The minimum atomic E-state index is -0.381. The van der Waals surface area contributed by atoms with Crippen LogP contribution in [0.5, 0.6) is 0 Å². The molecule has 0 aromatic heterocycles. The van der Waals surface area contributed by atoms with Gasteiger partial charge in [-0.1, -0.05) is 60.7 Å². The maximum Gasteiger partial charge on any atom is 0.306 e. The third-order valence-corrected chi connectivity index (χ3v) is 3.76. The van der Waals surface area contributed by atoms with E-state index in [1.54, 1.807) is 0 Å². The highest BCUT2D eigenvalue weighted by molar-refractivity contribution is 5.70. The van der Waals surface area contributed by atoms with Gasteiger partial charge in [-0.15, -0.1) is 0 Å². The number of carbonyl (C=O) groups excluding carboxylic acids is 2. The Bertz CT molecular complexity index is 686. The maximum atomic E-state index is 11.4. The number of ether oxygens (including phenoxy) is 2. The van der Waals surface area contributed by atoms with E-state index in [0.29, 0.717) is 12.8 Å². The van der Waals surface area contributed by atoms with Crippen LogP contribution in [-0.4, -0.2) is 23.1 Å². The fourth-order valence-electron chi connectivity index (χ4n) is 2.57. The number of carbonyl (C=O) groups is 2. The van der Waals surface area contributed by atoms with E-state index in [1.165, 1.54) is 11.1 Å². The van der Waals surface area contributed by atoms with E-state index in [-0.39, 0.29) is 23.1 Å². The molecule has 2 aromatic rings. The van der Waals surface area contributed by atoms with Gasteiger partial charge in [-0.05, 0) is 65.5 Å². The van der Waals surface area contributed by atoms with Gasteiger partial charge < -0.3 is 9.47 Å². The summed E-state index contributed by atoms with van der Waals surface area (Å²) in [5.74, 6) is -0.266. The molecule has 4 nitrogen and oxygen atoms in total. The van der Waals surface area contributed by atoms with Crippen LogP contribution in [0.2, 0.25) is 0 Å². The molecule has 4 heteroatoms. The summed E-state index contributed by atoms with van der Waals surface area (Å²) in [5, 5.41) is 0. The lowest BCUT2D eigenvalue weighted by atomic mass is 10.1.